The van der Waals surface area contributed by atoms with Gasteiger partial charge in [0.05, 0.1) is 39.0 Å². The van der Waals surface area contributed by atoms with E-state index < -0.39 is 0 Å². The molecule has 2 aromatic rings. The highest BCUT2D eigenvalue weighted by Gasteiger charge is 2.50. The zero-order valence-corrected chi connectivity index (χ0v) is 13.2. The van der Waals surface area contributed by atoms with E-state index in [1.807, 2.05) is 30.7 Å². The third-order valence-electron chi connectivity index (χ3n) is 4.96. The van der Waals surface area contributed by atoms with Gasteiger partial charge in [0.25, 0.3) is 0 Å². The molecule has 2 saturated heterocycles. The van der Waals surface area contributed by atoms with Crippen molar-refractivity contribution in [3.05, 3.63) is 54.2 Å². The van der Waals surface area contributed by atoms with Crippen molar-refractivity contribution in [1.29, 1.82) is 0 Å². The molecular formula is C18H22N2O3. The topological polar surface area (TPSA) is 47.7 Å². The molecule has 0 radical (unpaired) electrons. The number of rotatable bonds is 6. The molecule has 0 aliphatic carbocycles. The molecule has 4 heterocycles. The molecule has 4 rings (SSSR count). The minimum atomic E-state index is 0.131. The van der Waals surface area contributed by atoms with E-state index in [0.29, 0.717) is 12.5 Å². The summed E-state index contributed by atoms with van der Waals surface area (Å²) in [4.78, 5) is 6.62. The predicted molar refractivity (Wildman–Crippen MR) is 84.6 cm³/mol. The van der Waals surface area contributed by atoms with Gasteiger partial charge in [-0.25, -0.2) is 0 Å². The van der Waals surface area contributed by atoms with Crippen molar-refractivity contribution in [3.63, 3.8) is 0 Å². The SMILES string of the molecule is c1cncc(COC[C@]23COC[C@H]2CN(Cc2ccoc2)C3)c1. The summed E-state index contributed by atoms with van der Waals surface area (Å²) in [6.45, 7) is 6.04. The Labute approximate surface area is 136 Å². The van der Waals surface area contributed by atoms with Gasteiger partial charge in [0.1, 0.15) is 0 Å². The predicted octanol–water partition coefficient (Wildman–Crippen LogP) is 2.34. The van der Waals surface area contributed by atoms with Gasteiger partial charge in [-0.3, -0.25) is 9.88 Å². The van der Waals surface area contributed by atoms with Crippen molar-refractivity contribution < 1.29 is 13.9 Å². The van der Waals surface area contributed by atoms with Crippen LogP contribution in [0.4, 0.5) is 0 Å². The molecule has 0 N–H and O–H groups in total. The van der Waals surface area contributed by atoms with E-state index in [0.717, 1.165) is 45.0 Å². The number of pyridine rings is 1. The Bertz CT molecular complexity index is 616. The number of ether oxygens (including phenoxy) is 2. The van der Waals surface area contributed by atoms with Crippen LogP contribution in [0.2, 0.25) is 0 Å². The maximum Gasteiger partial charge on any atom is 0.0947 e. The van der Waals surface area contributed by atoms with E-state index in [1.165, 1.54) is 5.56 Å². The van der Waals surface area contributed by atoms with Gasteiger partial charge in [-0.1, -0.05) is 6.07 Å². The second kappa shape index (κ2) is 6.43. The highest BCUT2D eigenvalue weighted by molar-refractivity contribution is 5.09. The molecule has 2 aromatic heterocycles. The van der Waals surface area contributed by atoms with E-state index >= 15 is 0 Å². The summed E-state index contributed by atoms with van der Waals surface area (Å²) < 4.78 is 17.0. The van der Waals surface area contributed by atoms with Gasteiger partial charge in [-0.15, -0.1) is 0 Å². The second-order valence-electron chi connectivity index (χ2n) is 6.73. The van der Waals surface area contributed by atoms with Crippen LogP contribution in [0, 0.1) is 11.3 Å². The molecular weight excluding hydrogens is 292 g/mol. The van der Waals surface area contributed by atoms with Crippen molar-refractivity contribution in [2.75, 3.05) is 32.9 Å². The van der Waals surface area contributed by atoms with Crippen molar-refractivity contribution in [3.8, 4) is 0 Å². The Morgan fingerprint density at radius 3 is 3.17 bits per heavy atom. The Kier molecular flexibility index (Phi) is 4.16. The second-order valence-corrected chi connectivity index (χ2v) is 6.73. The lowest BCUT2D eigenvalue weighted by Gasteiger charge is -2.27. The average molecular weight is 314 g/mol. The van der Waals surface area contributed by atoms with Gasteiger partial charge in [0.15, 0.2) is 0 Å². The lowest BCUT2D eigenvalue weighted by molar-refractivity contribution is 0.0182. The van der Waals surface area contributed by atoms with Crippen LogP contribution in [0.25, 0.3) is 0 Å². The van der Waals surface area contributed by atoms with E-state index in [2.05, 4.69) is 9.88 Å². The first-order valence-corrected chi connectivity index (χ1v) is 8.12. The smallest absolute Gasteiger partial charge is 0.0947 e. The Morgan fingerprint density at radius 1 is 1.35 bits per heavy atom. The molecule has 5 nitrogen and oxygen atoms in total. The first kappa shape index (κ1) is 14.9. The van der Waals surface area contributed by atoms with Crippen molar-refractivity contribution in [1.82, 2.24) is 9.88 Å². The van der Waals surface area contributed by atoms with Crippen molar-refractivity contribution >= 4 is 0 Å². The third-order valence-corrected chi connectivity index (χ3v) is 4.96. The minimum Gasteiger partial charge on any atom is -0.472 e. The van der Waals surface area contributed by atoms with E-state index in [-0.39, 0.29) is 5.41 Å². The van der Waals surface area contributed by atoms with Crippen LogP contribution in [0.1, 0.15) is 11.1 Å². The molecule has 23 heavy (non-hydrogen) atoms. The number of aromatic nitrogens is 1. The molecule has 0 amide bonds. The van der Waals surface area contributed by atoms with E-state index in [9.17, 15) is 0 Å². The quantitative estimate of drug-likeness (QED) is 0.819. The standard InChI is InChI=1S/C18H22N2O3/c1-2-15(6-19-4-1)9-22-13-18-12-20(7-16-3-5-21-10-16)8-17(18)11-23-14-18/h1-6,10,17H,7-9,11-14H2/t17-,18-/m1/s1. The summed E-state index contributed by atoms with van der Waals surface area (Å²) in [7, 11) is 0. The fourth-order valence-corrected chi connectivity index (χ4v) is 3.76. The van der Waals surface area contributed by atoms with Gasteiger partial charge in [-0.05, 0) is 17.7 Å². The summed E-state index contributed by atoms with van der Waals surface area (Å²) in [5, 5.41) is 0. The number of nitrogens with zero attached hydrogens (tertiary/aromatic N) is 2. The molecule has 2 fully saturated rings. The zero-order valence-electron chi connectivity index (χ0n) is 13.2. The Morgan fingerprint density at radius 2 is 2.35 bits per heavy atom. The monoisotopic (exact) mass is 314 g/mol. The van der Waals surface area contributed by atoms with Crippen LogP contribution in [0.5, 0.6) is 0 Å². The Hall–Kier alpha value is -1.69. The molecule has 0 aromatic carbocycles. The normalized spacial score (nSPS) is 27.4. The van der Waals surface area contributed by atoms with Gasteiger partial charge >= 0.3 is 0 Å². The molecule has 5 heteroatoms. The van der Waals surface area contributed by atoms with Crippen LogP contribution < -0.4 is 0 Å². The molecule has 0 spiro atoms. The van der Waals surface area contributed by atoms with E-state index in [1.54, 1.807) is 12.5 Å². The molecule has 122 valence electrons. The zero-order chi connectivity index (χ0) is 15.5. The number of likely N-dealkylation sites (tertiary alicyclic amines) is 1. The molecule has 2 aliphatic heterocycles. The number of fused-ring (bicyclic) bond motifs is 1. The largest absolute Gasteiger partial charge is 0.472 e. The highest BCUT2D eigenvalue weighted by Crippen LogP contribution is 2.42. The summed E-state index contributed by atoms with van der Waals surface area (Å²) >= 11 is 0. The van der Waals surface area contributed by atoms with Gasteiger partial charge in [0, 0.05) is 48.9 Å². The first-order valence-electron chi connectivity index (χ1n) is 8.12. The lowest BCUT2D eigenvalue weighted by atomic mass is 9.82. The molecule has 2 atom stereocenters. The maximum atomic E-state index is 6.03. The van der Waals surface area contributed by atoms with Gasteiger partial charge in [-0.2, -0.15) is 0 Å². The minimum absolute atomic E-state index is 0.131. The fraction of sp³-hybridized carbons (Fsp3) is 0.500. The van der Waals surface area contributed by atoms with Crippen LogP contribution in [0.15, 0.2) is 47.5 Å². The number of furan rings is 1. The number of hydrogen-bond acceptors (Lipinski definition) is 5. The molecule has 0 saturated carbocycles. The van der Waals surface area contributed by atoms with Crippen molar-refractivity contribution in [2.45, 2.75) is 13.2 Å². The summed E-state index contributed by atoms with van der Waals surface area (Å²) in [5.41, 5.74) is 2.48. The van der Waals surface area contributed by atoms with Crippen LogP contribution >= 0.6 is 0 Å². The summed E-state index contributed by atoms with van der Waals surface area (Å²) in [6.07, 6.45) is 7.21. The van der Waals surface area contributed by atoms with Crippen molar-refractivity contribution in [2.24, 2.45) is 11.3 Å². The molecule has 0 unspecified atom stereocenters. The lowest BCUT2D eigenvalue weighted by Crippen LogP contribution is -2.35. The first-order chi connectivity index (χ1) is 11.3. The summed E-state index contributed by atoms with van der Waals surface area (Å²) in [5.74, 6) is 0.559. The third kappa shape index (κ3) is 3.17. The molecule has 0 bridgehead atoms. The van der Waals surface area contributed by atoms with E-state index in [4.69, 9.17) is 13.9 Å². The van der Waals surface area contributed by atoms with Crippen LogP contribution in [-0.2, 0) is 22.6 Å². The summed E-state index contributed by atoms with van der Waals surface area (Å²) in [6, 6.07) is 6.03. The highest BCUT2D eigenvalue weighted by atomic mass is 16.5. The fourth-order valence-electron chi connectivity index (χ4n) is 3.76. The number of hydrogen-bond donors (Lipinski definition) is 0. The van der Waals surface area contributed by atoms with Gasteiger partial charge in [0.2, 0.25) is 0 Å². The van der Waals surface area contributed by atoms with Crippen LogP contribution in [0.3, 0.4) is 0 Å². The molecule has 2 aliphatic rings. The average Bonchev–Trinajstić information content (AvgIpc) is 3.25. The Balaban J connectivity index is 1.35. The van der Waals surface area contributed by atoms with Gasteiger partial charge < -0.3 is 13.9 Å². The van der Waals surface area contributed by atoms with Crippen LogP contribution in [-0.4, -0.2) is 42.8 Å². The maximum absolute atomic E-state index is 6.03.